The second-order valence-electron chi connectivity index (χ2n) is 5.32. The summed E-state index contributed by atoms with van der Waals surface area (Å²) in [5.41, 5.74) is 6.89. The van der Waals surface area contributed by atoms with Crippen LogP contribution in [0.2, 0.25) is 0 Å². The number of hydrogen-bond acceptors (Lipinski definition) is 4. The van der Waals surface area contributed by atoms with E-state index in [4.69, 9.17) is 10.5 Å². The highest BCUT2D eigenvalue weighted by Crippen LogP contribution is 2.27. The predicted molar refractivity (Wildman–Crippen MR) is 83.4 cm³/mol. The molecule has 116 valence electrons. The van der Waals surface area contributed by atoms with Crippen molar-refractivity contribution >= 4 is 23.2 Å². The van der Waals surface area contributed by atoms with Crippen LogP contribution in [-0.2, 0) is 9.59 Å². The summed E-state index contributed by atoms with van der Waals surface area (Å²) in [7, 11) is 1.51. The van der Waals surface area contributed by atoms with Crippen LogP contribution in [0.4, 0.5) is 11.4 Å². The van der Waals surface area contributed by atoms with Crippen molar-refractivity contribution in [1.29, 1.82) is 0 Å². The number of amides is 2. The van der Waals surface area contributed by atoms with Gasteiger partial charge in [0, 0.05) is 12.6 Å². The molecule has 0 heterocycles. The Labute approximate surface area is 125 Å². The Hall–Kier alpha value is -2.08. The number of hydrogen-bond donors (Lipinski definition) is 3. The van der Waals surface area contributed by atoms with Crippen LogP contribution < -0.4 is 21.1 Å². The maximum atomic E-state index is 12.0. The van der Waals surface area contributed by atoms with Crippen molar-refractivity contribution < 1.29 is 14.3 Å². The average molecular weight is 293 g/mol. The van der Waals surface area contributed by atoms with Gasteiger partial charge in [0.1, 0.15) is 5.75 Å². The standard InChI is InChI=1S/C15H23N3O3/c1-9(2)7-12(16)15(20)18-11-5-6-14(21-4)13(8-11)17-10(3)19/h5-6,8-9,12H,7,16H2,1-4H3,(H,17,19)(H,18,20)/t12-/m0/s1. The van der Waals surface area contributed by atoms with Gasteiger partial charge < -0.3 is 21.1 Å². The zero-order valence-electron chi connectivity index (χ0n) is 12.9. The van der Waals surface area contributed by atoms with Gasteiger partial charge in [-0.1, -0.05) is 13.8 Å². The molecule has 21 heavy (non-hydrogen) atoms. The van der Waals surface area contributed by atoms with Crippen LogP contribution in [0.5, 0.6) is 5.75 Å². The number of methoxy groups -OCH3 is 1. The van der Waals surface area contributed by atoms with Gasteiger partial charge in [-0.25, -0.2) is 0 Å². The largest absolute Gasteiger partial charge is 0.495 e. The predicted octanol–water partition coefficient (Wildman–Crippen LogP) is 1.97. The topological polar surface area (TPSA) is 93.4 Å². The zero-order valence-corrected chi connectivity index (χ0v) is 12.9. The van der Waals surface area contributed by atoms with E-state index < -0.39 is 6.04 Å². The number of carbonyl (C=O) groups excluding carboxylic acids is 2. The van der Waals surface area contributed by atoms with Crippen LogP contribution in [0.1, 0.15) is 27.2 Å². The molecule has 0 spiro atoms. The lowest BCUT2D eigenvalue weighted by Crippen LogP contribution is -2.36. The number of rotatable bonds is 6. The third-order valence-corrected chi connectivity index (χ3v) is 2.84. The Balaban J connectivity index is 2.84. The van der Waals surface area contributed by atoms with Crippen molar-refractivity contribution in [2.45, 2.75) is 33.2 Å². The molecule has 0 aliphatic rings. The molecule has 0 aliphatic carbocycles. The van der Waals surface area contributed by atoms with Crippen LogP contribution >= 0.6 is 0 Å². The molecule has 1 atom stereocenters. The number of ether oxygens (including phenoxy) is 1. The second-order valence-corrected chi connectivity index (χ2v) is 5.32. The molecule has 0 fully saturated rings. The minimum absolute atomic E-state index is 0.215. The Morgan fingerprint density at radius 2 is 1.95 bits per heavy atom. The van der Waals surface area contributed by atoms with Gasteiger partial charge in [-0.2, -0.15) is 0 Å². The van der Waals surface area contributed by atoms with Crippen LogP contribution in [-0.4, -0.2) is 25.0 Å². The summed E-state index contributed by atoms with van der Waals surface area (Å²) in [4.78, 5) is 23.2. The Bertz CT molecular complexity index is 515. The smallest absolute Gasteiger partial charge is 0.241 e. The van der Waals surface area contributed by atoms with Gasteiger partial charge >= 0.3 is 0 Å². The lowest BCUT2D eigenvalue weighted by molar-refractivity contribution is -0.117. The highest BCUT2D eigenvalue weighted by atomic mass is 16.5. The van der Waals surface area contributed by atoms with Crippen LogP contribution in [0.15, 0.2) is 18.2 Å². The van der Waals surface area contributed by atoms with Crippen molar-refractivity contribution in [2.75, 3.05) is 17.7 Å². The first-order chi connectivity index (χ1) is 9.83. The molecule has 4 N–H and O–H groups in total. The van der Waals surface area contributed by atoms with E-state index in [1.807, 2.05) is 13.8 Å². The lowest BCUT2D eigenvalue weighted by atomic mass is 10.0. The van der Waals surface area contributed by atoms with E-state index >= 15 is 0 Å². The molecular formula is C15H23N3O3. The number of nitrogens with one attached hydrogen (secondary N) is 2. The summed E-state index contributed by atoms with van der Waals surface area (Å²) in [6.07, 6.45) is 0.612. The molecule has 0 unspecified atom stereocenters. The molecule has 2 amide bonds. The summed E-state index contributed by atoms with van der Waals surface area (Å²) in [6.45, 7) is 5.42. The van der Waals surface area contributed by atoms with E-state index in [0.717, 1.165) is 0 Å². The van der Waals surface area contributed by atoms with Gasteiger partial charge in [0.05, 0.1) is 18.8 Å². The maximum Gasteiger partial charge on any atom is 0.241 e. The third kappa shape index (κ3) is 5.43. The number of benzene rings is 1. The average Bonchev–Trinajstić information content (AvgIpc) is 2.37. The third-order valence-electron chi connectivity index (χ3n) is 2.84. The molecule has 0 aromatic heterocycles. The molecule has 0 aliphatic heterocycles. The van der Waals surface area contributed by atoms with Gasteiger partial charge in [-0.3, -0.25) is 9.59 Å². The number of nitrogens with two attached hydrogens (primary N) is 1. The Morgan fingerprint density at radius 1 is 1.29 bits per heavy atom. The van der Waals surface area contributed by atoms with E-state index in [1.165, 1.54) is 14.0 Å². The van der Waals surface area contributed by atoms with Gasteiger partial charge in [0.25, 0.3) is 0 Å². The van der Waals surface area contributed by atoms with E-state index in [0.29, 0.717) is 29.5 Å². The molecule has 1 aromatic carbocycles. The molecule has 0 radical (unpaired) electrons. The molecule has 1 rings (SSSR count). The SMILES string of the molecule is COc1ccc(NC(=O)[C@@H](N)CC(C)C)cc1NC(C)=O. The number of anilines is 2. The molecule has 1 aromatic rings. The first kappa shape index (κ1) is 17.0. The maximum absolute atomic E-state index is 12.0. The van der Waals surface area contributed by atoms with Gasteiger partial charge in [0.15, 0.2) is 0 Å². The van der Waals surface area contributed by atoms with E-state index in [1.54, 1.807) is 18.2 Å². The fourth-order valence-electron chi connectivity index (χ4n) is 1.92. The zero-order chi connectivity index (χ0) is 16.0. The minimum Gasteiger partial charge on any atom is -0.495 e. The summed E-state index contributed by atoms with van der Waals surface area (Å²) in [5.74, 6) is 0.405. The minimum atomic E-state index is -0.559. The van der Waals surface area contributed by atoms with Crippen molar-refractivity contribution in [3.05, 3.63) is 18.2 Å². The Kier molecular flexibility index (Phi) is 6.17. The summed E-state index contributed by atoms with van der Waals surface area (Å²) in [6, 6.07) is 4.45. The van der Waals surface area contributed by atoms with Crippen molar-refractivity contribution in [2.24, 2.45) is 11.7 Å². The monoisotopic (exact) mass is 293 g/mol. The lowest BCUT2D eigenvalue weighted by Gasteiger charge is -2.15. The first-order valence-corrected chi connectivity index (χ1v) is 6.85. The first-order valence-electron chi connectivity index (χ1n) is 6.85. The van der Waals surface area contributed by atoms with Crippen molar-refractivity contribution in [3.8, 4) is 5.75 Å². The van der Waals surface area contributed by atoms with Gasteiger partial charge in [-0.15, -0.1) is 0 Å². The molecular weight excluding hydrogens is 270 g/mol. The van der Waals surface area contributed by atoms with E-state index in [2.05, 4.69) is 10.6 Å². The van der Waals surface area contributed by atoms with Crippen molar-refractivity contribution in [3.63, 3.8) is 0 Å². The van der Waals surface area contributed by atoms with E-state index in [9.17, 15) is 9.59 Å². The highest BCUT2D eigenvalue weighted by molar-refractivity contribution is 5.96. The van der Waals surface area contributed by atoms with Crippen LogP contribution in [0, 0.1) is 5.92 Å². The quantitative estimate of drug-likeness (QED) is 0.747. The van der Waals surface area contributed by atoms with Gasteiger partial charge in [-0.05, 0) is 30.5 Å². The van der Waals surface area contributed by atoms with Crippen LogP contribution in [0.3, 0.4) is 0 Å². The number of carbonyl (C=O) groups is 2. The molecule has 0 saturated heterocycles. The molecule has 6 nitrogen and oxygen atoms in total. The van der Waals surface area contributed by atoms with Gasteiger partial charge in [0.2, 0.25) is 11.8 Å². The Morgan fingerprint density at radius 3 is 2.48 bits per heavy atom. The fraction of sp³-hybridized carbons (Fsp3) is 0.467. The highest BCUT2D eigenvalue weighted by Gasteiger charge is 2.16. The second kappa shape index (κ2) is 7.64. The summed E-state index contributed by atoms with van der Waals surface area (Å²) >= 11 is 0. The normalized spacial score (nSPS) is 11.9. The summed E-state index contributed by atoms with van der Waals surface area (Å²) in [5, 5.41) is 5.39. The van der Waals surface area contributed by atoms with Crippen LogP contribution in [0.25, 0.3) is 0 Å². The molecule has 0 saturated carbocycles. The fourth-order valence-corrected chi connectivity index (χ4v) is 1.92. The van der Waals surface area contributed by atoms with Crippen molar-refractivity contribution in [1.82, 2.24) is 0 Å². The summed E-state index contributed by atoms with van der Waals surface area (Å²) < 4.78 is 5.15. The molecule has 0 bridgehead atoms. The molecule has 6 heteroatoms. The van der Waals surface area contributed by atoms with E-state index in [-0.39, 0.29) is 11.8 Å².